The largest absolute Gasteiger partial charge is 0.366 e. The monoisotopic (exact) mass is 447 g/mol. The van der Waals surface area contributed by atoms with Crippen LogP contribution in [0.25, 0.3) is 11.3 Å². The fraction of sp³-hybridized carbons (Fsp3) is 0.440. The second-order valence-electron chi connectivity index (χ2n) is 9.77. The highest BCUT2D eigenvalue weighted by molar-refractivity contribution is 5.94. The molecule has 33 heavy (non-hydrogen) atoms. The average molecular weight is 448 g/mol. The topological polar surface area (TPSA) is 98.8 Å². The molecule has 0 aromatic carbocycles. The van der Waals surface area contributed by atoms with Crippen LogP contribution in [0, 0.1) is 5.41 Å². The lowest BCUT2D eigenvalue weighted by atomic mass is 9.76. The summed E-state index contributed by atoms with van der Waals surface area (Å²) in [7, 11) is 3.96. The number of anilines is 1. The van der Waals surface area contributed by atoms with Gasteiger partial charge in [0.25, 0.3) is 5.91 Å². The molecule has 3 aromatic rings. The van der Waals surface area contributed by atoms with Gasteiger partial charge in [-0.2, -0.15) is 5.10 Å². The SMILES string of the molecule is CN(C)CCNC(=O)c1cc(-c2n[nH]c3c2CCC(C)(C)C3)cc(NCc2cccnc2)n1. The van der Waals surface area contributed by atoms with Crippen molar-refractivity contribution in [2.75, 3.05) is 32.5 Å². The Morgan fingerprint density at radius 1 is 1.27 bits per heavy atom. The van der Waals surface area contributed by atoms with Crippen molar-refractivity contribution in [2.24, 2.45) is 5.41 Å². The number of likely N-dealkylation sites (N-methyl/N-ethyl adjacent to an activating group) is 1. The first-order chi connectivity index (χ1) is 15.8. The summed E-state index contributed by atoms with van der Waals surface area (Å²) < 4.78 is 0. The molecule has 8 heteroatoms. The van der Waals surface area contributed by atoms with Crippen LogP contribution in [0.15, 0.2) is 36.7 Å². The fourth-order valence-corrected chi connectivity index (χ4v) is 4.14. The van der Waals surface area contributed by atoms with Gasteiger partial charge in [0, 0.05) is 48.8 Å². The van der Waals surface area contributed by atoms with E-state index in [0.29, 0.717) is 24.6 Å². The average Bonchev–Trinajstić information content (AvgIpc) is 3.19. The molecular weight excluding hydrogens is 414 g/mol. The minimum Gasteiger partial charge on any atom is -0.366 e. The maximum Gasteiger partial charge on any atom is 0.270 e. The number of carbonyl (C=O) groups excluding carboxylic acids is 1. The molecule has 1 amide bonds. The molecule has 0 atom stereocenters. The van der Waals surface area contributed by atoms with Crippen LogP contribution in [0.4, 0.5) is 5.82 Å². The van der Waals surface area contributed by atoms with Crippen LogP contribution in [0.1, 0.15) is 47.6 Å². The Kier molecular flexibility index (Phi) is 6.74. The summed E-state index contributed by atoms with van der Waals surface area (Å²) in [5.74, 6) is 0.454. The molecular formula is C25H33N7O. The normalized spacial score (nSPS) is 14.7. The van der Waals surface area contributed by atoms with Gasteiger partial charge in [0.2, 0.25) is 0 Å². The zero-order chi connectivity index (χ0) is 23.4. The second kappa shape index (κ2) is 9.70. The molecule has 0 aliphatic heterocycles. The van der Waals surface area contributed by atoms with Gasteiger partial charge in [-0.05, 0) is 62.5 Å². The first-order valence-electron chi connectivity index (χ1n) is 11.4. The lowest BCUT2D eigenvalue weighted by Gasteiger charge is -2.29. The highest BCUT2D eigenvalue weighted by atomic mass is 16.1. The number of carbonyl (C=O) groups is 1. The molecule has 0 fully saturated rings. The van der Waals surface area contributed by atoms with E-state index in [1.165, 1.54) is 11.3 Å². The molecule has 1 aliphatic carbocycles. The summed E-state index contributed by atoms with van der Waals surface area (Å²) in [5, 5.41) is 14.2. The van der Waals surface area contributed by atoms with Gasteiger partial charge in [-0.25, -0.2) is 4.98 Å². The number of nitrogens with zero attached hydrogens (tertiary/aromatic N) is 4. The molecule has 0 bridgehead atoms. The Hall–Kier alpha value is -3.26. The molecule has 1 aliphatic rings. The Labute approximate surface area is 195 Å². The molecule has 0 spiro atoms. The molecule has 0 saturated heterocycles. The molecule has 174 valence electrons. The van der Waals surface area contributed by atoms with Gasteiger partial charge in [0.1, 0.15) is 11.5 Å². The summed E-state index contributed by atoms with van der Waals surface area (Å²) in [4.78, 5) is 23.7. The van der Waals surface area contributed by atoms with Crippen molar-refractivity contribution in [1.29, 1.82) is 0 Å². The first-order valence-corrected chi connectivity index (χ1v) is 11.4. The fourth-order valence-electron chi connectivity index (χ4n) is 4.14. The van der Waals surface area contributed by atoms with E-state index < -0.39 is 0 Å². The van der Waals surface area contributed by atoms with Gasteiger partial charge in [-0.3, -0.25) is 14.9 Å². The number of hydrogen-bond donors (Lipinski definition) is 3. The van der Waals surface area contributed by atoms with Crippen LogP contribution < -0.4 is 10.6 Å². The van der Waals surface area contributed by atoms with Gasteiger partial charge in [0.15, 0.2) is 0 Å². The first kappa shape index (κ1) is 22.9. The van der Waals surface area contributed by atoms with Crippen molar-refractivity contribution in [1.82, 2.24) is 30.4 Å². The standard InChI is InChI=1S/C25H33N7O/c1-25(2)8-7-19-21(14-25)30-31-23(19)18-12-20(24(33)27-10-11-32(3)4)29-22(13-18)28-16-17-6-5-9-26-15-17/h5-6,9,12-13,15H,7-8,10-11,14,16H2,1-4H3,(H,27,33)(H,28,29)(H,30,31). The predicted octanol–water partition coefficient (Wildman–Crippen LogP) is 3.29. The summed E-state index contributed by atoms with van der Waals surface area (Å²) in [5.41, 5.74) is 5.94. The molecule has 4 rings (SSSR count). The highest BCUT2D eigenvalue weighted by Crippen LogP contribution is 2.38. The lowest BCUT2D eigenvalue weighted by molar-refractivity contribution is 0.0946. The van der Waals surface area contributed by atoms with Crippen molar-refractivity contribution >= 4 is 11.7 Å². The predicted molar refractivity (Wildman–Crippen MR) is 130 cm³/mol. The van der Waals surface area contributed by atoms with Gasteiger partial charge in [-0.1, -0.05) is 19.9 Å². The van der Waals surface area contributed by atoms with Gasteiger partial charge >= 0.3 is 0 Å². The van der Waals surface area contributed by atoms with Gasteiger partial charge in [0.05, 0.1) is 5.69 Å². The van der Waals surface area contributed by atoms with Crippen molar-refractivity contribution in [3.8, 4) is 11.3 Å². The molecule has 0 unspecified atom stereocenters. The molecule has 0 saturated carbocycles. The number of rotatable bonds is 8. The van der Waals surface area contributed by atoms with Crippen LogP contribution in [0.2, 0.25) is 0 Å². The minimum absolute atomic E-state index is 0.186. The van der Waals surface area contributed by atoms with Gasteiger partial charge < -0.3 is 15.5 Å². The summed E-state index contributed by atoms with van der Waals surface area (Å²) in [6.07, 6.45) is 6.63. The highest BCUT2D eigenvalue weighted by Gasteiger charge is 2.29. The second-order valence-corrected chi connectivity index (χ2v) is 9.77. The van der Waals surface area contributed by atoms with Crippen molar-refractivity contribution < 1.29 is 4.79 Å². The molecule has 3 N–H and O–H groups in total. The summed E-state index contributed by atoms with van der Waals surface area (Å²) >= 11 is 0. The van der Waals surface area contributed by atoms with Crippen LogP contribution in [-0.4, -0.2) is 58.2 Å². The number of fused-ring (bicyclic) bond motifs is 1. The zero-order valence-electron chi connectivity index (χ0n) is 19.9. The third-order valence-corrected chi connectivity index (χ3v) is 6.03. The molecule has 3 heterocycles. The van der Waals surface area contributed by atoms with Crippen LogP contribution in [-0.2, 0) is 19.4 Å². The smallest absolute Gasteiger partial charge is 0.270 e. The van der Waals surface area contributed by atoms with Crippen molar-refractivity contribution in [2.45, 2.75) is 39.7 Å². The molecule has 3 aromatic heterocycles. The van der Waals surface area contributed by atoms with E-state index in [0.717, 1.165) is 42.6 Å². The van der Waals surface area contributed by atoms with Crippen LogP contribution in [0.3, 0.4) is 0 Å². The van der Waals surface area contributed by atoms with E-state index in [2.05, 4.69) is 44.6 Å². The van der Waals surface area contributed by atoms with E-state index >= 15 is 0 Å². The van der Waals surface area contributed by atoms with E-state index in [1.54, 1.807) is 6.20 Å². The van der Waals surface area contributed by atoms with E-state index in [1.807, 2.05) is 49.5 Å². The Bertz CT molecular complexity index is 1110. The maximum absolute atomic E-state index is 12.9. The number of amides is 1. The van der Waals surface area contributed by atoms with E-state index in [-0.39, 0.29) is 11.3 Å². The number of aromatic amines is 1. The Morgan fingerprint density at radius 2 is 2.12 bits per heavy atom. The quantitative estimate of drug-likeness (QED) is 0.490. The van der Waals surface area contributed by atoms with Crippen molar-refractivity contribution in [3.63, 3.8) is 0 Å². The van der Waals surface area contributed by atoms with E-state index in [9.17, 15) is 4.79 Å². The summed E-state index contributed by atoms with van der Waals surface area (Å²) in [6, 6.07) is 7.73. The Balaban J connectivity index is 1.63. The number of aromatic nitrogens is 4. The number of pyridine rings is 2. The number of nitrogens with one attached hydrogen (secondary N) is 3. The lowest BCUT2D eigenvalue weighted by Crippen LogP contribution is -2.32. The maximum atomic E-state index is 12.9. The molecule has 8 nitrogen and oxygen atoms in total. The molecule has 0 radical (unpaired) electrons. The van der Waals surface area contributed by atoms with Crippen LogP contribution >= 0.6 is 0 Å². The van der Waals surface area contributed by atoms with Gasteiger partial charge in [-0.15, -0.1) is 0 Å². The zero-order valence-corrected chi connectivity index (χ0v) is 19.9. The summed E-state index contributed by atoms with van der Waals surface area (Å²) in [6.45, 7) is 6.47. The number of H-pyrrole nitrogens is 1. The third-order valence-electron chi connectivity index (χ3n) is 6.03. The Morgan fingerprint density at radius 3 is 2.88 bits per heavy atom. The third kappa shape index (κ3) is 5.76. The van der Waals surface area contributed by atoms with E-state index in [4.69, 9.17) is 0 Å². The van der Waals surface area contributed by atoms with Crippen molar-refractivity contribution in [3.05, 3.63) is 59.2 Å². The minimum atomic E-state index is -0.186. The number of hydrogen-bond acceptors (Lipinski definition) is 6. The van der Waals surface area contributed by atoms with Crippen LogP contribution in [0.5, 0.6) is 0 Å².